The van der Waals surface area contributed by atoms with Gasteiger partial charge in [0.25, 0.3) is 0 Å². The minimum Gasteiger partial charge on any atom is -0.380 e. The van der Waals surface area contributed by atoms with E-state index in [1.54, 1.807) is 19.2 Å². The van der Waals surface area contributed by atoms with Crippen molar-refractivity contribution in [3.63, 3.8) is 0 Å². The summed E-state index contributed by atoms with van der Waals surface area (Å²) in [6.45, 7) is 1.38. The molecule has 1 N–H and O–H groups in total. The minimum absolute atomic E-state index is 0.0530. The highest BCUT2D eigenvalue weighted by Gasteiger charge is 2.40. The van der Waals surface area contributed by atoms with Crippen LogP contribution in [0.2, 0.25) is 0 Å². The van der Waals surface area contributed by atoms with Crippen molar-refractivity contribution < 1.29 is 27.4 Å². The lowest BCUT2D eigenvalue weighted by atomic mass is 9.88. The molecular weight excluding hydrogens is 454 g/mol. The Morgan fingerprint density at radius 3 is 2.41 bits per heavy atom. The van der Waals surface area contributed by atoms with Crippen LogP contribution in [0.3, 0.4) is 0 Å². The summed E-state index contributed by atoms with van der Waals surface area (Å²) in [4.78, 5) is 3.82. The summed E-state index contributed by atoms with van der Waals surface area (Å²) < 4.78 is 63.6. The highest BCUT2D eigenvalue weighted by molar-refractivity contribution is 5.26. The summed E-state index contributed by atoms with van der Waals surface area (Å²) in [5.41, 5.74) is -1.34. The molecule has 0 aliphatic rings. The van der Waals surface area contributed by atoms with Crippen molar-refractivity contribution >= 4 is 0 Å². The van der Waals surface area contributed by atoms with Gasteiger partial charge in [0.1, 0.15) is 41.5 Å². The molecule has 0 radical (unpaired) electrons. The normalized spacial score (nSPS) is 14.2. The van der Waals surface area contributed by atoms with Crippen LogP contribution >= 0.6 is 0 Å². The summed E-state index contributed by atoms with van der Waals surface area (Å²) in [6.07, 6.45) is 3.25. The van der Waals surface area contributed by atoms with E-state index in [0.29, 0.717) is 11.8 Å². The SMILES string of the molecule is C[C@@H](OCc1ccn(Cc2ccc(F)cc2F)n1)[C@](O)(Cn1cncn1)c1ccc(F)cc1F. The van der Waals surface area contributed by atoms with Crippen LogP contribution in [0, 0.1) is 23.3 Å². The van der Waals surface area contributed by atoms with E-state index in [0.717, 1.165) is 24.3 Å². The fourth-order valence-electron chi connectivity index (χ4n) is 3.58. The summed E-state index contributed by atoms with van der Waals surface area (Å²) in [7, 11) is 0. The van der Waals surface area contributed by atoms with E-state index in [4.69, 9.17) is 4.74 Å². The Morgan fingerprint density at radius 1 is 1.00 bits per heavy atom. The Bertz CT molecular complexity index is 1260. The summed E-state index contributed by atoms with van der Waals surface area (Å²) >= 11 is 0. The van der Waals surface area contributed by atoms with Crippen LogP contribution in [0.1, 0.15) is 23.7 Å². The maximum Gasteiger partial charge on any atom is 0.138 e. The molecule has 2 heterocycles. The molecule has 0 amide bonds. The number of nitrogens with zero attached hydrogens (tertiary/aromatic N) is 5. The first-order chi connectivity index (χ1) is 16.2. The average molecular weight is 475 g/mol. The molecule has 0 unspecified atom stereocenters. The van der Waals surface area contributed by atoms with E-state index < -0.39 is 35.0 Å². The van der Waals surface area contributed by atoms with Gasteiger partial charge < -0.3 is 9.84 Å². The van der Waals surface area contributed by atoms with Crippen LogP contribution < -0.4 is 0 Å². The number of rotatable bonds is 9. The lowest BCUT2D eigenvalue weighted by Crippen LogP contribution is -2.44. The van der Waals surface area contributed by atoms with Crippen LogP contribution in [0.25, 0.3) is 0 Å². The van der Waals surface area contributed by atoms with Gasteiger partial charge in [-0.15, -0.1) is 0 Å². The van der Waals surface area contributed by atoms with Crippen molar-refractivity contribution in [2.24, 2.45) is 0 Å². The predicted molar refractivity (Wildman–Crippen MR) is 112 cm³/mol. The van der Waals surface area contributed by atoms with Crippen molar-refractivity contribution in [3.05, 3.63) is 101 Å². The summed E-state index contributed by atoms with van der Waals surface area (Å²) in [5.74, 6) is -3.05. The molecule has 7 nitrogen and oxygen atoms in total. The number of aliphatic hydroxyl groups is 1. The van der Waals surface area contributed by atoms with Gasteiger partial charge in [0, 0.05) is 29.5 Å². The second-order valence-corrected chi connectivity index (χ2v) is 7.84. The van der Waals surface area contributed by atoms with E-state index in [1.807, 2.05) is 0 Å². The Kier molecular flexibility index (Phi) is 6.75. The molecule has 2 aromatic carbocycles. The second kappa shape index (κ2) is 9.74. The third kappa shape index (κ3) is 5.15. The fraction of sp³-hybridized carbons (Fsp3) is 0.261. The van der Waals surface area contributed by atoms with E-state index in [2.05, 4.69) is 15.2 Å². The highest BCUT2D eigenvalue weighted by atomic mass is 19.1. The Labute approximate surface area is 192 Å². The molecule has 4 rings (SSSR count). The largest absolute Gasteiger partial charge is 0.380 e. The maximum absolute atomic E-state index is 14.6. The van der Waals surface area contributed by atoms with E-state index in [9.17, 15) is 22.7 Å². The van der Waals surface area contributed by atoms with Gasteiger partial charge >= 0.3 is 0 Å². The lowest BCUT2D eigenvalue weighted by Gasteiger charge is -2.34. The number of hydrogen-bond acceptors (Lipinski definition) is 5. The van der Waals surface area contributed by atoms with Crippen molar-refractivity contribution in [1.82, 2.24) is 24.5 Å². The molecular formula is C23H21F4N5O2. The molecule has 0 bridgehead atoms. The van der Waals surface area contributed by atoms with E-state index in [1.165, 1.54) is 28.1 Å². The first kappa shape index (κ1) is 23.6. The molecule has 11 heteroatoms. The van der Waals surface area contributed by atoms with Crippen molar-refractivity contribution in [2.75, 3.05) is 0 Å². The fourth-order valence-corrected chi connectivity index (χ4v) is 3.58. The molecule has 0 saturated carbocycles. The third-order valence-corrected chi connectivity index (χ3v) is 5.46. The molecule has 0 spiro atoms. The van der Waals surface area contributed by atoms with Crippen LogP contribution in [-0.4, -0.2) is 35.8 Å². The number of hydrogen-bond donors (Lipinski definition) is 1. The minimum atomic E-state index is -1.91. The first-order valence-corrected chi connectivity index (χ1v) is 10.3. The summed E-state index contributed by atoms with van der Waals surface area (Å²) in [6, 6.07) is 7.84. The highest BCUT2D eigenvalue weighted by Crippen LogP contribution is 2.32. The molecule has 0 aliphatic carbocycles. The number of benzene rings is 2. The number of aromatic nitrogens is 5. The Hall–Kier alpha value is -3.57. The quantitative estimate of drug-likeness (QED) is 0.375. The zero-order valence-corrected chi connectivity index (χ0v) is 18.1. The van der Waals surface area contributed by atoms with Crippen LogP contribution in [0.4, 0.5) is 17.6 Å². The van der Waals surface area contributed by atoms with Crippen molar-refractivity contribution in [2.45, 2.75) is 38.3 Å². The van der Waals surface area contributed by atoms with Crippen LogP contribution in [0.5, 0.6) is 0 Å². The van der Waals surface area contributed by atoms with Gasteiger partial charge in [-0.1, -0.05) is 12.1 Å². The average Bonchev–Trinajstić information content (AvgIpc) is 3.46. The van der Waals surface area contributed by atoms with Gasteiger partial charge in [-0.3, -0.25) is 4.68 Å². The van der Waals surface area contributed by atoms with E-state index >= 15 is 0 Å². The maximum atomic E-state index is 14.6. The van der Waals surface area contributed by atoms with Crippen molar-refractivity contribution in [1.29, 1.82) is 0 Å². The lowest BCUT2D eigenvalue weighted by molar-refractivity contribution is -0.124. The molecule has 2 atom stereocenters. The molecule has 0 saturated heterocycles. The molecule has 2 aromatic heterocycles. The van der Waals surface area contributed by atoms with Gasteiger partial charge in [-0.25, -0.2) is 27.2 Å². The van der Waals surface area contributed by atoms with Gasteiger partial charge in [-0.05, 0) is 25.1 Å². The van der Waals surface area contributed by atoms with E-state index in [-0.39, 0.29) is 30.8 Å². The molecule has 178 valence electrons. The monoisotopic (exact) mass is 475 g/mol. The smallest absolute Gasteiger partial charge is 0.138 e. The van der Waals surface area contributed by atoms with Gasteiger partial charge in [-0.2, -0.15) is 10.2 Å². The molecule has 34 heavy (non-hydrogen) atoms. The Balaban J connectivity index is 1.49. The molecule has 0 fully saturated rings. The zero-order valence-electron chi connectivity index (χ0n) is 18.1. The standard InChI is InChI=1S/C23H21F4N5O2/c1-15(23(33,12-32-14-28-13-29-32)20-5-4-18(25)9-22(20)27)34-11-19-6-7-31(30-19)10-16-2-3-17(24)8-21(16)26/h2-9,13-15,33H,10-12H2,1H3/t15-,23-/m1/s1. The second-order valence-electron chi connectivity index (χ2n) is 7.84. The van der Waals surface area contributed by atoms with Gasteiger partial charge in [0.05, 0.1) is 31.5 Å². The first-order valence-electron chi connectivity index (χ1n) is 10.3. The number of ether oxygens (including phenoxy) is 1. The third-order valence-electron chi connectivity index (χ3n) is 5.46. The molecule has 0 aliphatic heterocycles. The summed E-state index contributed by atoms with van der Waals surface area (Å²) in [5, 5.41) is 19.7. The Morgan fingerprint density at radius 2 is 1.74 bits per heavy atom. The van der Waals surface area contributed by atoms with Gasteiger partial charge in [0.15, 0.2) is 0 Å². The topological polar surface area (TPSA) is 78.0 Å². The molecule has 4 aromatic rings. The number of halogens is 4. The van der Waals surface area contributed by atoms with Crippen molar-refractivity contribution in [3.8, 4) is 0 Å². The van der Waals surface area contributed by atoms with Crippen LogP contribution in [-0.2, 0) is 30.0 Å². The van der Waals surface area contributed by atoms with Gasteiger partial charge in [0.2, 0.25) is 0 Å². The predicted octanol–water partition coefficient (Wildman–Crippen LogP) is 3.57. The zero-order chi connectivity index (χ0) is 24.3. The van der Waals surface area contributed by atoms with Crippen LogP contribution in [0.15, 0.2) is 61.3 Å².